The number of carbonyl (C=O) groups is 1. The Balaban J connectivity index is 2.95. The van der Waals surface area contributed by atoms with Crippen LogP contribution in [0.1, 0.15) is 19.5 Å². The molecule has 0 aliphatic carbocycles. The Kier molecular flexibility index (Phi) is 2.43. The van der Waals surface area contributed by atoms with Gasteiger partial charge in [-0.25, -0.2) is 0 Å². The number of allylic oxidation sites excluding steroid dienone is 1. The van der Waals surface area contributed by atoms with Crippen LogP contribution >= 0.6 is 0 Å². The molecule has 3 heteroatoms. The van der Waals surface area contributed by atoms with Crippen LogP contribution in [0.3, 0.4) is 0 Å². The Hall–Kier alpha value is -1.38. The van der Waals surface area contributed by atoms with Crippen molar-refractivity contribution in [2.24, 2.45) is 7.05 Å². The smallest absolute Gasteiger partial charge is 0.155 e. The molecule has 64 valence electrons. The van der Waals surface area contributed by atoms with Crippen molar-refractivity contribution in [2.75, 3.05) is 0 Å². The molecule has 0 saturated carbocycles. The minimum absolute atomic E-state index is 0.0937. The van der Waals surface area contributed by atoms with Crippen LogP contribution in [-0.4, -0.2) is 15.6 Å². The number of hydrogen-bond donors (Lipinski definition) is 0. The van der Waals surface area contributed by atoms with E-state index in [0.717, 1.165) is 11.3 Å². The van der Waals surface area contributed by atoms with E-state index < -0.39 is 0 Å². The zero-order valence-electron chi connectivity index (χ0n) is 7.53. The Labute approximate surface area is 71.7 Å². The molecule has 0 aliphatic heterocycles. The average molecular weight is 164 g/mol. The molecule has 0 fully saturated rings. The maximum absolute atomic E-state index is 10.9. The number of ketones is 1. The highest BCUT2D eigenvalue weighted by Gasteiger charge is 1.98. The molecule has 0 spiro atoms. The summed E-state index contributed by atoms with van der Waals surface area (Å²) < 4.78 is 1.73. The summed E-state index contributed by atoms with van der Waals surface area (Å²) in [5, 5.41) is 3.99. The normalized spacial score (nSPS) is 11.8. The lowest BCUT2D eigenvalue weighted by Crippen LogP contribution is -1.96. The molecule has 0 unspecified atom stereocenters. The fourth-order valence-electron chi connectivity index (χ4n) is 0.849. The SMILES string of the molecule is CC(=O)/C(C)=C/c1ccnn1C. The minimum atomic E-state index is 0.0937. The Morgan fingerprint density at radius 2 is 2.25 bits per heavy atom. The zero-order valence-corrected chi connectivity index (χ0v) is 7.53. The summed E-state index contributed by atoms with van der Waals surface area (Å²) in [6.07, 6.45) is 3.54. The van der Waals surface area contributed by atoms with Gasteiger partial charge in [0.2, 0.25) is 0 Å². The number of nitrogens with zero attached hydrogens (tertiary/aromatic N) is 2. The van der Waals surface area contributed by atoms with Gasteiger partial charge in [-0.15, -0.1) is 0 Å². The maximum Gasteiger partial charge on any atom is 0.155 e. The number of aryl methyl sites for hydroxylation is 1. The quantitative estimate of drug-likeness (QED) is 0.619. The fraction of sp³-hybridized carbons (Fsp3) is 0.333. The summed E-state index contributed by atoms with van der Waals surface area (Å²) in [7, 11) is 1.85. The highest BCUT2D eigenvalue weighted by Crippen LogP contribution is 2.05. The molecule has 0 saturated heterocycles. The number of carbonyl (C=O) groups excluding carboxylic acids is 1. The first kappa shape index (κ1) is 8.71. The van der Waals surface area contributed by atoms with Crippen LogP contribution in [0.2, 0.25) is 0 Å². The Morgan fingerprint density at radius 3 is 2.67 bits per heavy atom. The standard InChI is InChI=1S/C9H12N2O/c1-7(8(2)12)6-9-4-5-10-11(9)3/h4-6H,1-3H3/b7-6+. The van der Waals surface area contributed by atoms with Crippen molar-refractivity contribution in [3.63, 3.8) is 0 Å². The molecular formula is C9H12N2O. The molecule has 3 nitrogen and oxygen atoms in total. The Bertz CT molecular complexity index is 323. The molecule has 0 bridgehead atoms. The van der Waals surface area contributed by atoms with Gasteiger partial charge in [0.15, 0.2) is 5.78 Å². The number of rotatable bonds is 2. The lowest BCUT2D eigenvalue weighted by Gasteiger charge is -1.96. The molecule has 0 radical (unpaired) electrons. The van der Waals surface area contributed by atoms with Crippen LogP contribution in [0, 0.1) is 0 Å². The van der Waals surface area contributed by atoms with Gasteiger partial charge in [-0.3, -0.25) is 9.48 Å². The molecular weight excluding hydrogens is 152 g/mol. The number of aromatic nitrogens is 2. The summed E-state index contributed by atoms with van der Waals surface area (Å²) in [5.74, 6) is 0.0937. The molecule has 0 atom stereocenters. The topological polar surface area (TPSA) is 34.9 Å². The van der Waals surface area contributed by atoms with Crippen molar-refractivity contribution >= 4 is 11.9 Å². The average Bonchev–Trinajstić information content (AvgIpc) is 2.36. The predicted molar refractivity (Wildman–Crippen MR) is 47.5 cm³/mol. The first-order valence-electron chi connectivity index (χ1n) is 3.78. The first-order valence-corrected chi connectivity index (χ1v) is 3.78. The van der Waals surface area contributed by atoms with Gasteiger partial charge >= 0.3 is 0 Å². The molecule has 0 N–H and O–H groups in total. The first-order chi connectivity index (χ1) is 5.61. The molecule has 0 aliphatic rings. The van der Waals surface area contributed by atoms with E-state index in [0.29, 0.717) is 0 Å². The second-order valence-electron chi connectivity index (χ2n) is 2.76. The molecule has 1 aromatic rings. The van der Waals surface area contributed by atoms with E-state index in [4.69, 9.17) is 0 Å². The van der Waals surface area contributed by atoms with E-state index in [-0.39, 0.29) is 5.78 Å². The molecule has 0 aromatic carbocycles. The van der Waals surface area contributed by atoms with E-state index in [1.165, 1.54) is 0 Å². The van der Waals surface area contributed by atoms with Gasteiger partial charge in [0.1, 0.15) is 0 Å². The van der Waals surface area contributed by atoms with Gasteiger partial charge in [0, 0.05) is 13.2 Å². The fourth-order valence-corrected chi connectivity index (χ4v) is 0.849. The van der Waals surface area contributed by atoms with Crippen LogP contribution in [0.25, 0.3) is 6.08 Å². The van der Waals surface area contributed by atoms with Crippen molar-refractivity contribution in [1.29, 1.82) is 0 Å². The van der Waals surface area contributed by atoms with E-state index in [1.54, 1.807) is 24.7 Å². The van der Waals surface area contributed by atoms with Crippen molar-refractivity contribution in [2.45, 2.75) is 13.8 Å². The minimum Gasteiger partial charge on any atom is -0.295 e. The highest BCUT2D eigenvalue weighted by atomic mass is 16.1. The van der Waals surface area contributed by atoms with Crippen molar-refractivity contribution in [1.82, 2.24) is 9.78 Å². The van der Waals surface area contributed by atoms with Gasteiger partial charge in [0.25, 0.3) is 0 Å². The molecule has 12 heavy (non-hydrogen) atoms. The maximum atomic E-state index is 10.9. The number of Topliss-reactive ketones (excluding diaryl/α,β-unsaturated/α-hetero) is 1. The van der Waals surface area contributed by atoms with Gasteiger partial charge in [0.05, 0.1) is 5.69 Å². The second kappa shape index (κ2) is 3.34. The van der Waals surface area contributed by atoms with Gasteiger partial charge in [-0.05, 0) is 31.6 Å². The monoisotopic (exact) mass is 164 g/mol. The largest absolute Gasteiger partial charge is 0.295 e. The number of hydrogen-bond acceptors (Lipinski definition) is 2. The third-order valence-corrected chi connectivity index (χ3v) is 1.78. The van der Waals surface area contributed by atoms with Crippen molar-refractivity contribution in [3.05, 3.63) is 23.5 Å². The summed E-state index contributed by atoms with van der Waals surface area (Å²) in [5.41, 5.74) is 1.70. The summed E-state index contributed by atoms with van der Waals surface area (Å²) in [4.78, 5) is 10.9. The summed E-state index contributed by atoms with van der Waals surface area (Å²) >= 11 is 0. The summed E-state index contributed by atoms with van der Waals surface area (Å²) in [6, 6.07) is 1.87. The van der Waals surface area contributed by atoms with Crippen LogP contribution in [0.15, 0.2) is 17.8 Å². The molecule has 1 aromatic heterocycles. The van der Waals surface area contributed by atoms with Crippen LogP contribution in [0.4, 0.5) is 0 Å². The third kappa shape index (κ3) is 1.81. The van der Waals surface area contributed by atoms with Gasteiger partial charge < -0.3 is 0 Å². The lowest BCUT2D eigenvalue weighted by molar-refractivity contribution is -0.113. The molecule has 0 amide bonds. The lowest BCUT2D eigenvalue weighted by atomic mass is 10.2. The second-order valence-corrected chi connectivity index (χ2v) is 2.76. The Morgan fingerprint density at radius 1 is 1.58 bits per heavy atom. The van der Waals surface area contributed by atoms with Crippen LogP contribution in [-0.2, 0) is 11.8 Å². The van der Waals surface area contributed by atoms with E-state index in [9.17, 15) is 4.79 Å². The predicted octanol–water partition coefficient (Wildman–Crippen LogP) is 1.41. The van der Waals surface area contributed by atoms with Crippen LogP contribution in [0.5, 0.6) is 0 Å². The zero-order chi connectivity index (χ0) is 9.14. The van der Waals surface area contributed by atoms with Gasteiger partial charge in [-0.1, -0.05) is 0 Å². The van der Waals surface area contributed by atoms with Crippen molar-refractivity contribution in [3.8, 4) is 0 Å². The van der Waals surface area contributed by atoms with E-state index >= 15 is 0 Å². The van der Waals surface area contributed by atoms with E-state index in [2.05, 4.69) is 5.10 Å². The van der Waals surface area contributed by atoms with E-state index in [1.807, 2.05) is 19.2 Å². The third-order valence-electron chi connectivity index (χ3n) is 1.78. The van der Waals surface area contributed by atoms with Gasteiger partial charge in [-0.2, -0.15) is 5.10 Å². The molecule has 1 rings (SSSR count). The highest BCUT2D eigenvalue weighted by molar-refractivity contribution is 5.96. The molecule has 1 heterocycles. The van der Waals surface area contributed by atoms with Crippen LogP contribution < -0.4 is 0 Å². The van der Waals surface area contributed by atoms with Crippen molar-refractivity contribution < 1.29 is 4.79 Å². The summed E-state index contributed by atoms with van der Waals surface area (Å²) in [6.45, 7) is 3.36.